The number of hydrogen-bond acceptors (Lipinski definition) is 4. The molecule has 0 atom stereocenters. The molecule has 0 radical (unpaired) electrons. The van der Waals surface area contributed by atoms with E-state index in [1.807, 2.05) is 24.3 Å². The van der Waals surface area contributed by atoms with Gasteiger partial charge in [-0.15, -0.1) is 11.3 Å². The van der Waals surface area contributed by atoms with Crippen molar-refractivity contribution < 1.29 is 4.52 Å². The Hall–Kier alpha value is -2.46. The van der Waals surface area contributed by atoms with Crippen molar-refractivity contribution in [2.75, 3.05) is 0 Å². The van der Waals surface area contributed by atoms with Crippen LogP contribution in [0.1, 0.15) is 0 Å². The quantitative estimate of drug-likeness (QED) is 0.537. The lowest BCUT2D eigenvalue weighted by Gasteiger charge is -2.00. The number of pyridine rings is 1. The molecule has 96 valence electrons. The van der Waals surface area contributed by atoms with Crippen LogP contribution in [0, 0.1) is 0 Å². The summed E-state index contributed by atoms with van der Waals surface area (Å²) in [7, 11) is 0. The molecule has 0 saturated carbocycles. The molecular formula is C16H10N2OS. The van der Waals surface area contributed by atoms with Gasteiger partial charge in [0.2, 0.25) is 0 Å². The van der Waals surface area contributed by atoms with Gasteiger partial charge in [0.25, 0.3) is 0 Å². The lowest BCUT2D eigenvalue weighted by atomic mass is 10.1. The van der Waals surface area contributed by atoms with Crippen LogP contribution in [-0.4, -0.2) is 10.1 Å². The second kappa shape index (κ2) is 4.58. The van der Waals surface area contributed by atoms with Crippen LogP contribution in [0.3, 0.4) is 0 Å². The van der Waals surface area contributed by atoms with Gasteiger partial charge in [-0.05, 0) is 17.7 Å². The van der Waals surface area contributed by atoms with Crippen LogP contribution in [0.15, 0.2) is 64.8 Å². The van der Waals surface area contributed by atoms with Crippen LogP contribution in [0.2, 0.25) is 0 Å². The maximum Gasteiger partial charge on any atom is 0.133 e. The van der Waals surface area contributed by atoms with Gasteiger partial charge < -0.3 is 4.52 Å². The largest absolute Gasteiger partial charge is 0.364 e. The number of aromatic nitrogens is 2. The van der Waals surface area contributed by atoms with E-state index in [2.05, 4.69) is 28.7 Å². The molecule has 0 saturated heterocycles. The third-order valence-corrected chi connectivity index (χ3v) is 4.17. The van der Waals surface area contributed by atoms with Gasteiger partial charge in [-0.25, -0.2) is 4.98 Å². The Morgan fingerprint density at radius 1 is 0.950 bits per heavy atom. The van der Waals surface area contributed by atoms with E-state index in [4.69, 9.17) is 9.51 Å². The fourth-order valence-corrected chi connectivity index (χ4v) is 3.13. The molecule has 0 bridgehead atoms. The molecule has 4 rings (SSSR count). The van der Waals surface area contributed by atoms with E-state index in [0.29, 0.717) is 0 Å². The van der Waals surface area contributed by atoms with Crippen molar-refractivity contribution in [3.63, 3.8) is 0 Å². The first-order valence-electron chi connectivity index (χ1n) is 6.25. The van der Waals surface area contributed by atoms with E-state index in [-0.39, 0.29) is 0 Å². The highest BCUT2D eigenvalue weighted by Crippen LogP contribution is 2.34. The molecule has 4 heteroatoms. The summed E-state index contributed by atoms with van der Waals surface area (Å²) in [6, 6.07) is 14.4. The predicted molar refractivity (Wildman–Crippen MR) is 80.6 cm³/mol. The van der Waals surface area contributed by atoms with Gasteiger partial charge in [0, 0.05) is 10.9 Å². The number of benzene rings is 1. The van der Waals surface area contributed by atoms with Crippen molar-refractivity contribution in [3.8, 4) is 22.4 Å². The predicted octanol–water partition coefficient (Wildman–Crippen LogP) is 4.62. The summed E-state index contributed by atoms with van der Waals surface area (Å²) in [5.74, 6) is 0. The highest BCUT2D eigenvalue weighted by atomic mass is 32.1. The van der Waals surface area contributed by atoms with Crippen molar-refractivity contribution in [1.29, 1.82) is 0 Å². The number of thiophene rings is 1. The van der Waals surface area contributed by atoms with E-state index in [0.717, 1.165) is 16.8 Å². The van der Waals surface area contributed by atoms with E-state index in [1.54, 1.807) is 23.8 Å². The van der Waals surface area contributed by atoms with Gasteiger partial charge in [-0.3, -0.25) is 0 Å². The molecule has 3 heterocycles. The van der Waals surface area contributed by atoms with Crippen LogP contribution < -0.4 is 0 Å². The molecular weight excluding hydrogens is 268 g/mol. The van der Waals surface area contributed by atoms with Crippen molar-refractivity contribution in [3.05, 3.63) is 60.3 Å². The van der Waals surface area contributed by atoms with Crippen LogP contribution in [0.4, 0.5) is 0 Å². The standard InChI is InChI=1S/C16H10N2OS/c1-2-4-11(5-3-1)13-10-20-15-7-6-14(18-16(13)15)12-8-17-19-9-12/h1-10H. The first-order valence-corrected chi connectivity index (χ1v) is 7.13. The summed E-state index contributed by atoms with van der Waals surface area (Å²) in [5.41, 5.74) is 5.17. The van der Waals surface area contributed by atoms with Gasteiger partial charge in [-0.2, -0.15) is 0 Å². The molecule has 0 aliphatic rings. The summed E-state index contributed by atoms with van der Waals surface area (Å²) in [4.78, 5) is 4.76. The SMILES string of the molecule is c1ccc(-c2csc3ccc(-c4cnoc4)nc23)cc1. The topological polar surface area (TPSA) is 38.9 Å². The zero-order valence-electron chi connectivity index (χ0n) is 10.5. The summed E-state index contributed by atoms with van der Waals surface area (Å²) >= 11 is 1.71. The summed E-state index contributed by atoms with van der Waals surface area (Å²) < 4.78 is 6.07. The zero-order chi connectivity index (χ0) is 13.4. The van der Waals surface area contributed by atoms with E-state index in [1.165, 1.54) is 15.8 Å². The molecule has 1 aromatic carbocycles. The average Bonchev–Trinajstić information content (AvgIpc) is 3.17. The first kappa shape index (κ1) is 11.4. The fraction of sp³-hybridized carbons (Fsp3) is 0. The number of rotatable bonds is 2. The molecule has 3 aromatic heterocycles. The smallest absolute Gasteiger partial charge is 0.133 e. The molecule has 3 nitrogen and oxygen atoms in total. The lowest BCUT2D eigenvalue weighted by Crippen LogP contribution is -1.83. The lowest BCUT2D eigenvalue weighted by molar-refractivity contribution is 0.420. The van der Waals surface area contributed by atoms with Gasteiger partial charge in [0.15, 0.2) is 0 Å². The van der Waals surface area contributed by atoms with Gasteiger partial charge in [-0.1, -0.05) is 35.5 Å². The minimum atomic E-state index is 0.884. The highest BCUT2D eigenvalue weighted by molar-refractivity contribution is 7.17. The average molecular weight is 278 g/mol. The van der Waals surface area contributed by atoms with E-state index < -0.39 is 0 Å². The van der Waals surface area contributed by atoms with Crippen LogP contribution in [-0.2, 0) is 0 Å². The molecule has 0 N–H and O–H groups in total. The molecule has 20 heavy (non-hydrogen) atoms. The number of fused-ring (bicyclic) bond motifs is 1. The molecule has 4 aromatic rings. The monoisotopic (exact) mass is 278 g/mol. The van der Waals surface area contributed by atoms with Crippen LogP contribution in [0.25, 0.3) is 32.6 Å². The Morgan fingerprint density at radius 3 is 2.65 bits per heavy atom. The van der Waals surface area contributed by atoms with E-state index in [9.17, 15) is 0 Å². The second-order valence-electron chi connectivity index (χ2n) is 4.47. The summed E-state index contributed by atoms with van der Waals surface area (Å²) in [6.07, 6.45) is 3.30. The first-order chi connectivity index (χ1) is 9.92. The van der Waals surface area contributed by atoms with E-state index >= 15 is 0 Å². The molecule has 0 spiro atoms. The highest BCUT2D eigenvalue weighted by Gasteiger charge is 2.10. The number of hydrogen-bond donors (Lipinski definition) is 0. The molecule has 0 unspecified atom stereocenters. The maximum atomic E-state index is 4.89. The third kappa shape index (κ3) is 1.82. The Morgan fingerprint density at radius 2 is 1.85 bits per heavy atom. The fourth-order valence-electron chi connectivity index (χ4n) is 2.23. The van der Waals surface area contributed by atoms with Crippen LogP contribution >= 0.6 is 11.3 Å². The molecule has 0 aliphatic heterocycles. The van der Waals surface area contributed by atoms with Crippen molar-refractivity contribution in [2.45, 2.75) is 0 Å². The van der Waals surface area contributed by atoms with Gasteiger partial charge >= 0.3 is 0 Å². The number of nitrogens with zero attached hydrogens (tertiary/aromatic N) is 2. The Bertz CT molecular complexity index is 851. The zero-order valence-corrected chi connectivity index (χ0v) is 11.3. The van der Waals surface area contributed by atoms with Crippen molar-refractivity contribution >= 4 is 21.6 Å². The Labute approximate surface area is 119 Å². The third-order valence-electron chi connectivity index (χ3n) is 3.23. The molecule has 0 fully saturated rings. The van der Waals surface area contributed by atoms with Gasteiger partial charge in [0.1, 0.15) is 6.26 Å². The Kier molecular flexibility index (Phi) is 2.60. The second-order valence-corrected chi connectivity index (χ2v) is 5.38. The normalized spacial score (nSPS) is 11.0. The van der Waals surface area contributed by atoms with Gasteiger partial charge in [0.05, 0.1) is 27.7 Å². The maximum absolute atomic E-state index is 4.89. The Balaban J connectivity index is 1.93. The summed E-state index contributed by atoms with van der Waals surface area (Å²) in [5, 5.41) is 5.89. The minimum Gasteiger partial charge on any atom is -0.364 e. The van der Waals surface area contributed by atoms with Crippen LogP contribution in [0.5, 0.6) is 0 Å². The minimum absolute atomic E-state index is 0.884. The molecule has 0 aliphatic carbocycles. The van der Waals surface area contributed by atoms with Crippen molar-refractivity contribution in [1.82, 2.24) is 10.1 Å². The molecule has 0 amide bonds. The van der Waals surface area contributed by atoms with Crippen molar-refractivity contribution in [2.24, 2.45) is 0 Å². The summed E-state index contributed by atoms with van der Waals surface area (Å²) in [6.45, 7) is 0.